The molecule has 6 unspecified atom stereocenters. The Balaban J connectivity index is 2.42. The number of carbonyl (C=O) groups excluding carboxylic acids is 2. The van der Waals surface area contributed by atoms with Gasteiger partial charge in [-0.05, 0) is 44.9 Å². The minimum atomic E-state index is -5.12. The highest BCUT2D eigenvalue weighted by Gasteiger charge is 2.51. The molecule has 0 aromatic heterocycles. The monoisotopic (exact) mass is 905 g/mol. The maximum absolute atomic E-state index is 12.8. The van der Waals surface area contributed by atoms with Gasteiger partial charge in [-0.15, -0.1) is 0 Å². The van der Waals surface area contributed by atoms with Crippen LogP contribution in [0, 0.1) is 0 Å². The Morgan fingerprint density at radius 1 is 0.500 bits per heavy atom. The van der Waals surface area contributed by atoms with E-state index in [-0.39, 0.29) is 12.8 Å². The van der Waals surface area contributed by atoms with Gasteiger partial charge in [-0.3, -0.25) is 18.6 Å². The third-order valence-corrected chi connectivity index (χ3v) is 12.5. The van der Waals surface area contributed by atoms with Gasteiger partial charge in [-0.1, -0.05) is 179 Å². The predicted molar refractivity (Wildman–Crippen MR) is 244 cm³/mol. The highest BCUT2D eigenvalue weighted by molar-refractivity contribution is 7.47. The van der Waals surface area contributed by atoms with Gasteiger partial charge in [-0.2, -0.15) is 0 Å². The van der Waals surface area contributed by atoms with Crippen LogP contribution in [0.25, 0.3) is 0 Å². The highest BCUT2D eigenvalue weighted by atomic mass is 31.2. The molecule has 1 fully saturated rings. The summed E-state index contributed by atoms with van der Waals surface area (Å²) in [6, 6.07) is 0. The minimum Gasteiger partial charge on any atom is -0.462 e. The first-order valence-corrected chi connectivity index (χ1v) is 26.1. The molecule has 0 bridgehead atoms. The molecule has 1 rings (SSSR count). The molecular formula is C48H89O13P. The van der Waals surface area contributed by atoms with Crippen LogP contribution in [0.3, 0.4) is 0 Å². The van der Waals surface area contributed by atoms with E-state index in [9.17, 15) is 44.6 Å². The van der Waals surface area contributed by atoms with Crippen molar-refractivity contribution in [1.29, 1.82) is 0 Å². The second kappa shape index (κ2) is 38.6. The first-order chi connectivity index (χ1) is 29.9. The van der Waals surface area contributed by atoms with E-state index in [1.165, 1.54) is 109 Å². The van der Waals surface area contributed by atoms with Crippen molar-refractivity contribution in [3.05, 3.63) is 24.3 Å². The average Bonchev–Trinajstić information content (AvgIpc) is 3.25. The van der Waals surface area contributed by atoms with Gasteiger partial charge >= 0.3 is 19.8 Å². The minimum absolute atomic E-state index is 0.0982. The molecule has 0 amide bonds. The van der Waals surface area contributed by atoms with Crippen LogP contribution in [0.15, 0.2) is 24.3 Å². The fourth-order valence-corrected chi connectivity index (χ4v) is 8.53. The third kappa shape index (κ3) is 30.5. The van der Waals surface area contributed by atoms with E-state index in [1.807, 2.05) is 0 Å². The largest absolute Gasteiger partial charge is 0.472 e. The normalized spacial score (nSPS) is 22.0. The molecule has 14 heteroatoms. The molecule has 0 aliphatic heterocycles. The summed E-state index contributed by atoms with van der Waals surface area (Å²) in [5, 5.41) is 50.2. The molecule has 0 radical (unpaired) electrons. The summed E-state index contributed by atoms with van der Waals surface area (Å²) < 4.78 is 33.6. The van der Waals surface area contributed by atoms with Crippen molar-refractivity contribution in [2.75, 3.05) is 13.2 Å². The van der Waals surface area contributed by atoms with Gasteiger partial charge in [0.05, 0.1) is 6.61 Å². The Labute approximate surface area is 375 Å². The molecule has 0 aromatic carbocycles. The number of hydrogen-bond donors (Lipinski definition) is 6. The molecular weight excluding hydrogens is 815 g/mol. The van der Waals surface area contributed by atoms with Gasteiger partial charge in [0.15, 0.2) is 6.10 Å². The van der Waals surface area contributed by atoms with Crippen molar-refractivity contribution < 1.29 is 63.1 Å². The summed E-state index contributed by atoms with van der Waals surface area (Å²) in [6.07, 6.45) is 29.4. The van der Waals surface area contributed by atoms with Gasteiger partial charge in [-0.25, -0.2) is 4.57 Å². The molecule has 8 atom stereocenters. The van der Waals surface area contributed by atoms with Crippen LogP contribution in [-0.4, -0.2) is 98.3 Å². The van der Waals surface area contributed by atoms with Gasteiger partial charge < -0.3 is 39.9 Å². The van der Waals surface area contributed by atoms with E-state index in [2.05, 4.69) is 38.2 Å². The summed E-state index contributed by atoms with van der Waals surface area (Å²) >= 11 is 0. The number of allylic oxidation sites excluding steroid dienone is 4. The first kappa shape index (κ1) is 58.3. The van der Waals surface area contributed by atoms with Crippen LogP contribution in [-0.2, 0) is 32.7 Å². The molecule has 6 N–H and O–H groups in total. The SMILES string of the molecule is CCCCC/C=C\C/C=C\CCCCCCCC(=O)OC[C@H](COP(=O)(O)OC1C(O)C(O)C(O)[C@@H](O)C1O)OC(=O)CCCCCCCCCCCCCCCCCCCC. The Morgan fingerprint density at radius 3 is 1.34 bits per heavy atom. The molecule has 0 spiro atoms. The molecule has 62 heavy (non-hydrogen) atoms. The smallest absolute Gasteiger partial charge is 0.462 e. The summed E-state index contributed by atoms with van der Waals surface area (Å²) in [5.74, 6) is -1.11. The lowest BCUT2D eigenvalue weighted by Gasteiger charge is -2.41. The zero-order valence-corrected chi connectivity index (χ0v) is 39.6. The van der Waals surface area contributed by atoms with E-state index in [0.717, 1.165) is 64.2 Å². The van der Waals surface area contributed by atoms with Crippen LogP contribution in [0.2, 0.25) is 0 Å². The predicted octanol–water partition coefficient (Wildman–Crippen LogP) is 10.0. The lowest BCUT2D eigenvalue weighted by Crippen LogP contribution is -2.64. The highest BCUT2D eigenvalue weighted by Crippen LogP contribution is 2.47. The number of esters is 2. The average molecular weight is 905 g/mol. The van der Waals surface area contributed by atoms with E-state index in [1.54, 1.807) is 0 Å². The number of carbonyl (C=O) groups is 2. The summed E-state index contributed by atoms with van der Waals surface area (Å²) in [6.45, 7) is 3.28. The standard InChI is InChI=1S/C48H89O13P/c1-3-5-7-9-11-13-15-17-19-20-21-23-25-27-29-31-33-35-37-42(50)60-40(39-59-62(56,57)61-48-46(54)44(52)43(51)45(53)47(48)55)38-58-41(49)36-34-32-30-28-26-24-22-18-16-14-12-10-8-6-4-2/h12,14,18,22,40,43-48,51-55H,3-11,13,15-17,19-21,23-39H2,1-2H3,(H,56,57)/b14-12-,22-18-/t40-,43?,44-,45?,46?,47?,48?/m1/s1. The molecule has 0 heterocycles. The molecule has 364 valence electrons. The lowest BCUT2D eigenvalue weighted by molar-refractivity contribution is -0.220. The van der Waals surface area contributed by atoms with Gasteiger partial charge in [0.1, 0.15) is 43.2 Å². The number of ether oxygens (including phenoxy) is 2. The zero-order chi connectivity index (χ0) is 45.7. The Kier molecular flexibility index (Phi) is 36.3. The van der Waals surface area contributed by atoms with Gasteiger partial charge in [0, 0.05) is 12.8 Å². The fourth-order valence-electron chi connectivity index (χ4n) is 7.55. The third-order valence-electron chi connectivity index (χ3n) is 11.5. The molecule has 13 nitrogen and oxygen atoms in total. The van der Waals surface area contributed by atoms with Gasteiger partial charge in [0.25, 0.3) is 0 Å². The van der Waals surface area contributed by atoms with Crippen molar-refractivity contribution >= 4 is 19.8 Å². The maximum Gasteiger partial charge on any atom is 0.472 e. The maximum atomic E-state index is 12.8. The molecule has 1 aliphatic rings. The van der Waals surface area contributed by atoms with Gasteiger partial charge in [0.2, 0.25) is 0 Å². The van der Waals surface area contributed by atoms with Crippen LogP contribution in [0.1, 0.15) is 213 Å². The number of phosphoric ester groups is 1. The molecule has 1 saturated carbocycles. The summed E-state index contributed by atoms with van der Waals surface area (Å²) in [4.78, 5) is 35.8. The summed E-state index contributed by atoms with van der Waals surface area (Å²) in [5.41, 5.74) is 0. The van der Waals surface area contributed by atoms with Crippen LogP contribution < -0.4 is 0 Å². The number of phosphoric acid groups is 1. The Hall–Kier alpha value is -1.67. The van der Waals surface area contributed by atoms with Crippen molar-refractivity contribution in [3.8, 4) is 0 Å². The van der Waals surface area contributed by atoms with E-state index in [0.29, 0.717) is 12.8 Å². The van der Waals surface area contributed by atoms with Crippen molar-refractivity contribution in [2.24, 2.45) is 0 Å². The second-order valence-corrected chi connectivity index (χ2v) is 18.7. The van der Waals surface area contributed by atoms with E-state index in [4.69, 9.17) is 18.5 Å². The van der Waals surface area contributed by atoms with Crippen molar-refractivity contribution in [2.45, 2.75) is 256 Å². The van der Waals surface area contributed by atoms with Crippen molar-refractivity contribution in [1.82, 2.24) is 0 Å². The molecule has 0 aromatic rings. The number of aliphatic hydroxyl groups excluding tert-OH is 5. The van der Waals surface area contributed by atoms with E-state index < -0.39 is 75.7 Å². The lowest BCUT2D eigenvalue weighted by atomic mass is 9.85. The molecule has 1 aliphatic carbocycles. The topological polar surface area (TPSA) is 210 Å². The summed E-state index contributed by atoms with van der Waals surface area (Å²) in [7, 11) is -5.12. The van der Waals surface area contributed by atoms with Crippen LogP contribution >= 0.6 is 7.82 Å². The number of rotatable bonds is 41. The quantitative estimate of drug-likeness (QED) is 0.0146. The van der Waals surface area contributed by atoms with Crippen molar-refractivity contribution in [3.63, 3.8) is 0 Å². The number of hydrogen-bond acceptors (Lipinski definition) is 12. The first-order valence-electron chi connectivity index (χ1n) is 24.6. The number of aliphatic hydroxyl groups is 5. The van der Waals surface area contributed by atoms with Crippen LogP contribution in [0.5, 0.6) is 0 Å². The Bertz CT molecular complexity index is 1180. The molecule has 0 saturated heterocycles. The number of unbranched alkanes of at least 4 members (excludes halogenated alkanes) is 25. The van der Waals surface area contributed by atoms with Crippen LogP contribution in [0.4, 0.5) is 0 Å². The zero-order valence-electron chi connectivity index (χ0n) is 38.7. The second-order valence-electron chi connectivity index (χ2n) is 17.3. The van der Waals surface area contributed by atoms with E-state index >= 15 is 0 Å². The Morgan fingerprint density at radius 2 is 0.871 bits per heavy atom. The fraction of sp³-hybridized carbons (Fsp3) is 0.875.